The van der Waals surface area contributed by atoms with Crippen LogP contribution >= 0.6 is 0 Å². The van der Waals surface area contributed by atoms with Crippen molar-refractivity contribution in [3.63, 3.8) is 0 Å². The number of hydrogen-bond acceptors (Lipinski definition) is 3. The number of rotatable bonds is 8. The predicted molar refractivity (Wildman–Crippen MR) is 67.8 cm³/mol. The molecule has 108 valence electrons. The molecule has 0 aliphatic heterocycles. The monoisotopic (exact) mass is 274 g/mol. The van der Waals surface area contributed by atoms with Crippen molar-refractivity contribution in [2.45, 2.75) is 20.0 Å². The van der Waals surface area contributed by atoms with E-state index < -0.39 is 17.7 Å². The Kier molecular flexibility index (Phi) is 6.91. The maximum Gasteiger partial charge on any atom is 0.164 e. The fourth-order valence-electron chi connectivity index (χ4n) is 1.50. The van der Waals surface area contributed by atoms with E-state index in [1.807, 2.05) is 13.8 Å². The van der Waals surface area contributed by atoms with Crippen molar-refractivity contribution >= 4 is 0 Å². The van der Waals surface area contributed by atoms with Crippen LogP contribution in [0.15, 0.2) is 18.2 Å². The summed E-state index contributed by atoms with van der Waals surface area (Å²) >= 11 is 0. The van der Waals surface area contributed by atoms with Crippen molar-refractivity contribution in [2.24, 2.45) is 5.92 Å². The lowest BCUT2D eigenvalue weighted by atomic mass is 10.1. The predicted octanol–water partition coefficient (Wildman–Crippen LogP) is 2.69. The molecule has 0 aromatic heterocycles. The van der Waals surface area contributed by atoms with Crippen LogP contribution in [0, 0.1) is 17.6 Å². The molecule has 1 aromatic rings. The summed E-state index contributed by atoms with van der Waals surface area (Å²) in [6.45, 7) is 5.35. The highest BCUT2D eigenvalue weighted by Crippen LogP contribution is 2.19. The number of halogens is 2. The van der Waals surface area contributed by atoms with E-state index in [0.29, 0.717) is 25.7 Å². The fraction of sp³-hybridized carbons (Fsp3) is 0.571. The second-order valence-corrected chi connectivity index (χ2v) is 4.70. The first-order valence-electron chi connectivity index (χ1n) is 6.29. The largest absolute Gasteiger partial charge is 0.386 e. The third-order valence-corrected chi connectivity index (χ3v) is 2.44. The third-order valence-electron chi connectivity index (χ3n) is 2.44. The molecule has 1 unspecified atom stereocenters. The SMILES string of the molecule is CC(C)COCCOCC(O)c1cccc(F)c1F. The molecule has 3 nitrogen and oxygen atoms in total. The van der Waals surface area contributed by atoms with Gasteiger partial charge in [0.05, 0.1) is 19.8 Å². The van der Waals surface area contributed by atoms with E-state index in [1.54, 1.807) is 0 Å². The molecule has 0 saturated carbocycles. The molecule has 0 aliphatic carbocycles. The number of benzene rings is 1. The van der Waals surface area contributed by atoms with Crippen LogP contribution in [0.5, 0.6) is 0 Å². The lowest BCUT2D eigenvalue weighted by Gasteiger charge is -2.13. The lowest BCUT2D eigenvalue weighted by molar-refractivity contribution is -0.00230. The third kappa shape index (κ3) is 5.63. The van der Waals surface area contributed by atoms with Crippen LogP contribution in [-0.4, -0.2) is 31.5 Å². The number of ether oxygens (including phenoxy) is 2. The van der Waals surface area contributed by atoms with E-state index in [4.69, 9.17) is 9.47 Å². The van der Waals surface area contributed by atoms with Gasteiger partial charge in [-0.05, 0) is 12.0 Å². The minimum absolute atomic E-state index is 0.0919. The Hall–Kier alpha value is -1.04. The molecule has 0 aliphatic rings. The molecule has 1 atom stereocenters. The normalized spacial score (nSPS) is 12.9. The van der Waals surface area contributed by atoms with Gasteiger partial charge in [0.1, 0.15) is 6.10 Å². The quantitative estimate of drug-likeness (QED) is 0.741. The molecule has 1 aromatic carbocycles. The van der Waals surface area contributed by atoms with Crippen molar-refractivity contribution in [1.29, 1.82) is 0 Å². The van der Waals surface area contributed by atoms with Crippen LogP contribution in [0.25, 0.3) is 0 Å². The van der Waals surface area contributed by atoms with Gasteiger partial charge in [-0.2, -0.15) is 0 Å². The number of aliphatic hydroxyl groups is 1. The molecule has 0 fully saturated rings. The molecule has 0 spiro atoms. The smallest absolute Gasteiger partial charge is 0.164 e. The Morgan fingerprint density at radius 1 is 1.11 bits per heavy atom. The van der Waals surface area contributed by atoms with Gasteiger partial charge in [0.2, 0.25) is 0 Å². The molecule has 1 N–H and O–H groups in total. The Morgan fingerprint density at radius 2 is 1.74 bits per heavy atom. The van der Waals surface area contributed by atoms with Crippen LogP contribution < -0.4 is 0 Å². The average Bonchev–Trinajstić information content (AvgIpc) is 2.36. The first-order valence-corrected chi connectivity index (χ1v) is 6.29. The molecule has 0 radical (unpaired) electrons. The van der Waals surface area contributed by atoms with E-state index >= 15 is 0 Å². The molecule has 0 heterocycles. The zero-order valence-corrected chi connectivity index (χ0v) is 11.2. The van der Waals surface area contributed by atoms with Gasteiger partial charge >= 0.3 is 0 Å². The summed E-state index contributed by atoms with van der Waals surface area (Å²) in [5.74, 6) is -1.56. The summed E-state index contributed by atoms with van der Waals surface area (Å²) < 4.78 is 36.8. The minimum atomic E-state index is -1.18. The molecule has 0 saturated heterocycles. The van der Waals surface area contributed by atoms with Gasteiger partial charge in [0, 0.05) is 12.2 Å². The Labute approximate surface area is 112 Å². The van der Waals surface area contributed by atoms with Crippen molar-refractivity contribution < 1.29 is 23.4 Å². The zero-order chi connectivity index (χ0) is 14.3. The van der Waals surface area contributed by atoms with E-state index in [0.717, 1.165) is 6.07 Å². The molecular weight excluding hydrogens is 254 g/mol. The molecule has 5 heteroatoms. The van der Waals surface area contributed by atoms with Crippen molar-refractivity contribution in [3.05, 3.63) is 35.4 Å². The summed E-state index contributed by atoms with van der Waals surface area (Å²) in [5, 5.41) is 9.70. The van der Waals surface area contributed by atoms with Crippen LogP contribution in [0.1, 0.15) is 25.5 Å². The first kappa shape index (κ1) is 16.0. The van der Waals surface area contributed by atoms with Crippen molar-refractivity contribution in [3.8, 4) is 0 Å². The van der Waals surface area contributed by atoms with Crippen LogP contribution in [-0.2, 0) is 9.47 Å². The topological polar surface area (TPSA) is 38.7 Å². The van der Waals surface area contributed by atoms with Gasteiger partial charge in [-0.3, -0.25) is 0 Å². The lowest BCUT2D eigenvalue weighted by Crippen LogP contribution is -2.14. The molecule has 1 rings (SSSR count). The highest BCUT2D eigenvalue weighted by Gasteiger charge is 2.15. The minimum Gasteiger partial charge on any atom is -0.386 e. The van der Waals surface area contributed by atoms with E-state index in [-0.39, 0.29) is 12.2 Å². The van der Waals surface area contributed by atoms with Gasteiger partial charge in [0.25, 0.3) is 0 Å². The maximum absolute atomic E-state index is 13.4. The van der Waals surface area contributed by atoms with E-state index in [2.05, 4.69) is 0 Å². The van der Waals surface area contributed by atoms with Crippen LogP contribution in [0.2, 0.25) is 0 Å². The number of hydrogen-bond donors (Lipinski definition) is 1. The van der Waals surface area contributed by atoms with Crippen LogP contribution in [0.3, 0.4) is 0 Å². The summed E-state index contributed by atoms with van der Waals surface area (Å²) in [7, 11) is 0. The van der Waals surface area contributed by atoms with Gasteiger partial charge in [-0.15, -0.1) is 0 Å². The number of aliphatic hydroxyl groups excluding tert-OH is 1. The summed E-state index contributed by atoms with van der Waals surface area (Å²) in [6.07, 6.45) is -1.18. The Morgan fingerprint density at radius 3 is 2.37 bits per heavy atom. The van der Waals surface area contributed by atoms with E-state index in [9.17, 15) is 13.9 Å². The first-order chi connectivity index (χ1) is 9.02. The standard InChI is InChI=1S/C14H20F2O3/c1-10(2)8-18-6-7-19-9-13(17)11-4-3-5-12(15)14(11)16/h3-5,10,13,17H,6-9H2,1-2H3. The Balaban J connectivity index is 2.28. The van der Waals surface area contributed by atoms with Crippen molar-refractivity contribution in [1.82, 2.24) is 0 Å². The summed E-state index contributed by atoms with van der Waals surface area (Å²) in [6, 6.07) is 3.69. The van der Waals surface area contributed by atoms with Gasteiger partial charge < -0.3 is 14.6 Å². The van der Waals surface area contributed by atoms with E-state index in [1.165, 1.54) is 12.1 Å². The average molecular weight is 274 g/mol. The summed E-state index contributed by atoms with van der Waals surface area (Å²) in [4.78, 5) is 0. The van der Waals surface area contributed by atoms with Gasteiger partial charge in [-0.25, -0.2) is 8.78 Å². The maximum atomic E-state index is 13.4. The van der Waals surface area contributed by atoms with Crippen molar-refractivity contribution in [2.75, 3.05) is 26.4 Å². The molecule has 19 heavy (non-hydrogen) atoms. The second kappa shape index (κ2) is 8.19. The molecule has 0 bridgehead atoms. The second-order valence-electron chi connectivity index (χ2n) is 4.70. The highest BCUT2D eigenvalue weighted by atomic mass is 19.2. The highest BCUT2D eigenvalue weighted by molar-refractivity contribution is 5.21. The van der Waals surface area contributed by atoms with Gasteiger partial charge in [-0.1, -0.05) is 26.0 Å². The van der Waals surface area contributed by atoms with Crippen LogP contribution in [0.4, 0.5) is 8.78 Å². The molecular formula is C14H20F2O3. The molecule has 0 amide bonds. The fourth-order valence-corrected chi connectivity index (χ4v) is 1.50. The zero-order valence-electron chi connectivity index (χ0n) is 11.2. The summed E-state index contributed by atoms with van der Waals surface area (Å²) in [5.41, 5.74) is -0.0944. The van der Waals surface area contributed by atoms with Gasteiger partial charge in [0.15, 0.2) is 11.6 Å². The Bertz CT molecular complexity index is 383.